The van der Waals surface area contributed by atoms with Crippen molar-refractivity contribution in [3.05, 3.63) is 24.0 Å². The molecule has 0 spiro atoms. The number of ether oxygens (including phenoxy) is 1. The van der Waals surface area contributed by atoms with Gasteiger partial charge in [-0.2, -0.15) is 0 Å². The number of hydrogen-bond acceptors (Lipinski definition) is 3. The summed E-state index contributed by atoms with van der Waals surface area (Å²) < 4.78 is 5.27. The van der Waals surface area contributed by atoms with E-state index in [0.717, 1.165) is 42.1 Å². The highest BCUT2D eigenvalue weighted by Gasteiger charge is 2.41. The van der Waals surface area contributed by atoms with Crippen molar-refractivity contribution in [2.24, 2.45) is 5.92 Å². The van der Waals surface area contributed by atoms with Crippen molar-refractivity contribution in [2.45, 2.75) is 25.7 Å². The van der Waals surface area contributed by atoms with Gasteiger partial charge in [0.2, 0.25) is 0 Å². The van der Waals surface area contributed by atoms with Crippen LogP contribution >= 0.6 is 0 Å². The quantitative estimate of drug-likeness (QED) is 0.890. The van der Waals surface area contributed by atoms with Crippen LogP contribution in [0.25, 0.3) is 11.0 Å². The summed E-state index contributed by atoms with van der Waals surface area (Å²) in [5, 5.41) is 3.48. The first-order valence-electron chi connectivity index (χ1n) is 6.91. The summed E-state index contributed by atoms with van der Waals surface area (Å²) in [6.45, 7) is 6.63. The Morgan fingerprint density at radius 3 is 2.84 bits per heavy atom. The molecular weight excluding hydrogens is 238 g/mol. The van der Waals surface area contributed by atoms with Gasteiger partial charge in [-0.05, 0) is 31.0 Å². The van der Waals surface area contributed by atoms with Crippen molar-refractivity contribution >= 4 is 11.0 Å². The van der Waals surface area contributed by atoms with Crippen molar-refractivity contribution in [3.8, 4) is 5.75 Å². The SMILES string of the molecule is COc1ccc2nc(C3(C(C)C)CCNC3)[nH]c2c1. The zero-order valence-corrected chi connectivity index (χ0v) is 11.8. The second-order valence-corrected chi connectivity index (χ2v) is 5.71. The van der Waals surface area contributed by atoms with Crippen LogP contribution in [0.5, 0.6) is 5.75 Å². The smallest absolute Gasteiger partial charge is 0.121 e. The zero-order valence-electron chi connectivity index (χ0n) is 11.8. The van der Waals surface area contributed by atoms with E-state index < -0.39 is 0 Å². The van der Waals surface area contributed by atoms with E-state index in [4.69, 9.17) is 9.72 Å². The van der Waals surface area contributed by atoms with Gasteiger partial charge in [0.05, 0.1) is 18.1 Å². The third kappa shape index (κ3) is 1.91. The number of hydrogen-bond donors (Lipinski definition) is 2. The summed E-state index contributed by atoms with van der Waals surface area (Å²) in [5.41, 5.74) is 2.20. The summed E-state index contributed by atoms with van der Waals surface area (Å²) in [4.78, 5) is 8.32. The Morgan fingerprint density at radius 2 is 2.21 bits per heavy atom. The topological polar surface area (TPSA) is 49.9 Å². The second kappa shape index (κ2) is 4.53. The number of nitrogens with zero attached hydrogens (tertiary/aromatic N) is 1. The molecule has 1 aromatic carbocycles. The van der Waals surface area contributed by atoms with Crippen molar-refractivity contribution in [1.82, 2.24) is 15.3 Å². The van der Waals surface area contributed by atoms with Gasteiger partial charge in [0.25, 0.3) is 0 Å². The summed E-state index contributed by atoms with van der Waals surface area (Å²) in [6.07, 6.45) is 1.14. The molecule has 1 atom stereocenters. The maximum absolute atomic E-state index is 5.27. The second-order valence-electron chi connectivity index (χ2n) is 5.71. The number of H-pyrrole nitrogens is 1. The third-order valence-electron chi connectivity index (χ3n) is 4.45. The van der Waals surface area contributed by atoms with Gasteiger partial charge in [0, 0.05) is 18.0 Å². The molecule has 0 amide bonds. The molecule has 2 heterocycles. The largest absolute Gasteiger partial charge is 0.497 e. The molecule has 4 heteroatoms. The van der Waals surface area contributed by atoms with Gasteiger partial charge < -0.3 is 15.0 Å². The highest BCUT2D eigenvalue weighted by molar-refractivity contribution is 5.77. The monoisotopic (exact) mass is 259 g/mol. The van der Waals surface area contributed by atoms with Gasteiger partial charge in [0.15, 0.2) is 0 Å². The summed E-state index contributed by atoms with van der Waals surface area (Å²) in [6, 6.07) is 5.99. The number of imidazole rings is 1. The highest BCUT2D eigenvalue weighted by atomic mass is 16.5. The van der Waals surface area contributed by atoms with Crippen LogP contribution in [0.15, 0.2) is 18.2 Å². The van der Waals surface area contributed by atoms with E-state index in [9.17, 15) is 0 Å². The van der Waals surface area contributed by atoms with E-state index in [0.29, 0.717) is 5.92 Å². The van der Waals surface area contributed by atoms with Crippen molar-refractivity contribution in [1.29, 1.82) is 0 Å². The number of aromatic nitrogens is 2. The number of fused-ring (bicyclic) bond motifs is 1. The van der Waals surface area contributed by atoms with Crippen LogP contribution in [-0.2, 0) is 5.41 Å². The fourth-order valence-electron chi connectivity index (χ4n) is 3.03. The maximum atomic E-state index is 5.27. The molecule has 0 saturated carbocycles. The van der Waals surface area contributed by atoms with E-state index >= 15 is 0 Å². The molecule has 1 fully saturated rings. The van der Waals surface area contributed by atoms with Crippen molar-refractivity contribution < 1.29 is 4.74 Å². The average molecular weight is 259 g/mol. The van der Waals surface area contributed by atoms with Gasteiger partial charge in [-0.3, -0.25) is 0 Å². The first kappa shape index (κ1) is 12.5. The predicted octanol–water partition coefficient (Wildman–Crippen LogP) is 2.46. The predicted molar refractivity (Wildman–Crippen MR) is 76.6 cm³/mol. The molecule has 0 aliphatic carbocycles. The van der Waals surface area contributed by atoms with E-state index in [-0.39, 0.29) is 5.41 Å². The van der Waals surface area contributed by atoms with Crippen LogP contribution in [0.2, 0.25) is 0 Å². The summed E-state index contributed by atoms with van der Waals surface area (Å²) in [7, 11) is 1.69. The molecule has 1 aliphatic rings. The van der Waals surface area contributed by atoms with Crippen LogP contribution in [0.1, 0.15) is 26.1 Å². The summed E-state index contributed by atoms with van der Waals surface area (Å²) >= 11 is 0. The Labute approximate surface area is 113 Å². The van der Waals surface area contributed by atoms with E-state index in [1.54, 1.807) is 7.11 Å². The maximum Gasteiger partial charge on any atom is 0.121 e. The lowest BCUT2D eigenvalue weighted by Crippen LogP contribution is -2.35. The van der Waals surface area contributed by atoms with E-state index in [1.807, 2.05) is 18.2 Å². The van der Waals surface area contributed by atoms with E-state index in [1.165, 1.54) is 0 Å². The standard InChI is InChI=1S/C15H21N3O/c1-10(2)15(6-7-16-9-15)14-17-12-5-4-11(19-3)8-13(12)18-14/h4-5,8,10,16H,6-7,9H2,1-3H3,(H,17,18). The van der Waals surface area contributed by atoms with Gasteiger partial charge >= 0.3 is 0 Å². The number of nitrogens with one attached hydrogen (secondary N) is 2. The molecule has 2 aromatic rings. The molecule has 2 N–H and O–H groups in total. The molecule has 102 valence electrons. The minimum Gasteiger partial charge on any atom is -0.497 e. The zero-order chi connectivity index (χ0) is 13.5. The molecule has 1 saturated heterocycles. The Bertz CT molecular complexity index is 582. The molecular formula is C15H21N3O. The number of benzene rings is 1. The molecule has 0 radical (unpaired) electrons. The van der Waals surface area contributed by atoms with Crippen molar-refractivity contribution in [3.63, 3.8) is 0 Å². The van der Waals surface area contributed by atoms with Crippen LogP contribution in [0, 0.1) is 5.92 Å². The third-order valence-corrected chi connectivity index (χ3v) is 4.45. The van der Waals surface area contributed by atoms with E-state index in [2.05, 4.69) is 24.1 Å². The lowest BCUT2D eigenvalue weighted by molar-refractivity contribution is 0.321. The molecule has 1 unspecified atom stereocenters. The molecule has 0 bridgehead atoms. The number of aromatic amines is 1. The molecule has 3 rings (SSSR count). The van der Waals surface area contributed by atoms with Crippen LogP contribution in [0.3, 0.4) is 0 Å². The molecule has 1 aromatic heterocycles. The van der Waals surface area contributed by atoms with Crippen LogP contribution in [-0.4, -0.2) is 30.2 Å². The fourth-order valence-corrected chi connectivity index (χ4v) is 3.03. The Kier molecular flexibility index (Phi) is 2.97. The molecule has 1 aliphatic heterocycles. The Balaban J connectivity index is 2.09. The average Bonchev–Trinajstić information content (AvgIpc) is 3.04. The van der Waals surface area contributed by atoms with Gasteiger partial charge in [-0.25, -0.2) is 4.98 Å². The number of methoxy groups -OCH3 is 1. The van der Waals surface area contributed by atoms with Crippen LogP contribution in [0.4, 0.5) is 0 Å². The van der Waals surface area contributed by atoms with Crippen molar-refractivity contribution in [2.75, 3.05) is 20.2 Å². The Morgan fingerprint density at radius 1 is 1.37 bits per heavy atom. The fraction of sp³-hybridized carbons (Fsp3) is 0.533. The normalized spacial score (nSPS) is 23.4. The van der Waals surface area contributed by atoms with Gasteiger partial charge in [0.1, 0.15) is 11.6 Å². The molecule has 19 heavy (non-hydrogen) atoms. The first-order chi connectivity index (χ1) is 9.15. The van der Waals surface area contributed by atoms with Gasteiger partial charge in [-0.15, -0.1) is 0 Å². The number of rotatable bonds is 3. The lowest BCUT2D eigenvalue weighted by atomic mass is 9.76. The lowest BCUT2D eigenvalue weighted by Gasteiger charge is -2.30. The molecule has 4 nitrogen and oxygen atoms in total. The van der Waals surface area contributed by atoms with Gasteiger partial charge in [-0.1, -0.05) is 13.8 Å². The Hall–Kier alpha value is -1.55. The van der Waals surface area contributed by atoms with Crippen LogP contribution < -0.4 is 10.1 Å². The highest BCUT2D eigenvalue weighted by Crippen LogP contribution is 2.37. The first-order valence-corrected chi connectivity index (χ1v) is 6.91. The minimum absolute atomic E-state index is 0.131. The minimum atomic E-state index is 0.131. The summed E-state index contributed by atoms with van der Waals surface area (Å²) in [5.74, 6) is 2.53.